The number of carbonyl (C=O) groups is 1. The highest BCUT2D eigenvalue weighted by atomic mass is 32.2. The number of aliphatic hydroxyl groups is 1. The van der Waals surface area contributed by atoms with Gasteiger partial charge in [-0.3, -0.25) is 0 Å². The number of para-hydroxylation sites is 1. The second-order valence-electron chi connectivity index (χ2n) is 10.3. The van der Waals surface area contributed by atoms with Crippen LogP contribution in [0.2, 0.25) is 0 Å². The summed E-state index contributed by atoms with van der Waals surface area (Å²) in [4.78, 5) is 21.5. The van der Waals surface area contributed by atoms with E-state index in [-0.39, 0.29) is 24.8 Å². The van der Waals surface area contributed by atoms with Crippen LogP contribution in [-0.2, 0) is 16.1 Å². The Kier molecular flexibility index (Phi) is 9.98. The van der Waals surface area contributed by atoms with Crippen molar-refractivity contribution in [3.63, 3.8) is 0 Å². The van der Waals surface area contributed by atoms with E-state index in [1.54, 1.807) is 42.7 Å². The van der Waals surface area contributed by atoms with Crippen molar-refractivity contribution in [1.82, 2.24) is 9.97 Å². The fourth-order valence-electron chi connectivity index (χ4n) is 4.84. The molecule has 1 aliphatic rings. The third kappa shape index (κ3) is 8.46. The van der Waals surface area contributed by atoms with Gasteiger partial charge in [-0.1, -0.05) is 66.4 Å². The van der Waals surface area contributed by atoms with Gasteiger partial charge in [0.15, 0.2) is 11.4 Å². The first-order valence-electron chi connectivity index (χ1n) is 14.5. The van der Waals surface area contributed by atoms with Gasteiger partial charge >= 0.3 is 6.03 Å². The Labute approximate surface area is 265 Å². The number of hydrogen-bond acceptors (Lipinski definition) is 8. The number of aromatic nitrogens is 2. The van der Waals surface area contributed by atoms with Crippen molar-refractivity contribution < 1.29 is 24.1 Å². The summed E-state index contributed by atoms with van der Waals surface area (Å²) in [6.07, 6.45) is 3.05. The van der Waals surface area contributed by atoms with E-state index >= 15 is 0 Å². The van der Waals surface area contributed by atoms with Crippen LogP contribution in [0.15, 0.2) is 127 Å². The molecule has 3 N–H and O–H groups in total. The van der Waals surface area contributed by atoms with Crippen molar-refractivity contribution in [2.24, 2.45) is 0 Å². The molecule has 228 valence electrons. The number of anilines is 2. The van der Waals surface area contributed by atoms with Gasteiger partial charge in [0.05, 0.1) is 18.8 Å². The van der Waals surface area contributed by atoms with Crippen LogP contribution in [0.4, 0.5) is 16.2 Å². The van der Waals surface area contributed by atoms with Gasteiger partial charge in [0.25, 0.3) is 0 Å². The quantitative estimate of drug-likeness (QED) is 0.107. The highest BCUT2D eigenvalue weighted by molar-refractivity contribution is 7.99. The Morgan fingerprint density at radius 2 is 1.53 bits per heavy atom. The highest BCUT2D eigenvalue weighted by Crippen LogP contribution is 2.39. The van der Waals surface area contributed by atoms with Crippen LogP contribution >= 0.6 is 11.8 Å². The van der Waals surface area contributed by atoms with Gasteiger partial charge in [-0.25, -0.2) is 14.8 Å². The number of hydrogen-bond donors (Lipinski definition) is 3. The second-order valence-corrected chi connectivity index (χ2v) is 11.3. The largest absolute Gasteiger partial charge is 0.457 e. The van der Waals surface area contributed by atoms with Gasteiger partial charge in [-0.15, -0.1) is 0 Å². The van der Waals surface area contributed by atoms with E-state index in [9.17, 15) is 9.90 Å². The number of ether oxygens (including phenoxy) is 3. The maximum absolute atomic E-state index is 12.9. The molecular formula is C35H32N4O5S. The van der Waals surface area contributed by atoms with E-state index in [0.717, 1.165) is 22.4 Å². The number of nitrogens with one attached hydrogen (secondary N) is 2. The number of carbonyl (C=O) groups excluding carboxylic acids is 1. The molecule has 5 aromatic rings. The predicted molar refractivity (Wildman–Crippen MR) is 173 cm³/mol. The molecule has 2 heterocycles. The lowest BCUT2D eigenvalue weighted by molar-refractivity contribution is -0.245. The average molecular weight is 621 g/mol. The van der Waals surface area contributed by atoms with E-state index in [1.165, 1.54) is 11.8 Å². The van der Waals surface area contributed by atoms with Gasteiger partial charge in [-0.05, 0) is 65.7 Å². The summed E-state index contributed by atoms with van der Waals surface area (Å²) in [7, 11) is 0. The molecule has 0 spiro atoms. The van der Waals surface area contributed by atoms with Crippen molar-refractivity contribution in [2.75, 3.05) is 16.4 Å². The van der Waals surface area contributed by atoms with Gasteiger partial charge in [-0.2, -0.15) is 0 Å². The predicted octanol–water partition coefficient (Wildman–Crippen LogP) is 7.74. The molecule has 0 saturated carbocycles. The van der Waals surface area contributed by atoms with Gasteiger partial charge in [0, 0.05) is 41.5 Å². The van der Waals surface area contributed by atoms with Crippen LogP contribution in [0.1, 0.15) is 35.5 Å². The van der Waals surface area contributed by atoms with E-state index in [2.05, 4.69) is 20.6 Å². The lowest BCUT2D eigenvalue weighted by Crippen LogP contribution is -2.31. The third-order valence-corrected chi connectivity index (χ3v) is 8.07. The zero-order valence-electron chi connectivity index (χ0n) is 24.3. The minimum atomic E-state index is -0.662. The van der Waals surface area contributed by atoms with Crippen LogP contribution in [0.3, 0.4) is 0 Å². The molecule has 3 atom stereocenters. The van der Waals surface area contributed by atoms with Crippen molar-refractivity contribution in [1.29, 1.82) is 0 Å². The Bertz CT molecular complexity index is 1670. The second kappa shape index (κ2) is 14.8. The SMILES string of the molecule is O=C(Nc1ccc(Oc2ccccc2)cc1)Nc1cccc([C@@H]2O[C@H](CSc3ncccn3)C[C@H](c3ccc(CO)cc3)O2)c1. The zero-order valence-corrected chi connectivity index (χ0v) is 25.1. The topological polar surface area (TPSA) is 115 Å². The summed E-state index contributed by atoms with van der Waals surface area (Å²) in [5, 5.41) is 15.9. The molecule has 1 saturated heterocycles. The molecule has 2 amide bonds. The normalized spacial score (nSPS) is 17.8. The first-order chi connectivity index (χ1) is 22.1. The Hall–Kier alpha value is -4.74. The number of rotatable bonds is 10. The number of nitrogens with zero attached hydrogens (tertiary/aromatic N) is 2. The van der Waals surface area contributed by atoms with Crippen molar-refractivity contribution in [3.8, 4) is 11.5 Å². The minimum Gasteiger partial charge on any atom is -0.457 e. The number of benzene rings is 4. The summed E-state index contributed by atoms with van der Waals surface area (Å²) in [6, 6.07) is 33.3. The number of urea groups is 1. The zero-order chi connectivity index (χ0) is 30.8. The summed E-state index contributed by atoms with van der Waals surface area (Å²) in [5.74, 6) is 2.05. The van der Waals surface area contributed by atoms with Gasteiger partial charge < -0.3 is 30.0 Å². The molecule has 10 heteroatoms. The number of thioether (sulfide) groups is 1. The minimum absolute atomic E-state index is 0.0186. The molecule has 0 aliphatic carbocycles. The maximum Gasteiger partial charge on any atom is 0.323 e. The fraction of sp³-hybridized carbons (Fsp3) is 0.171. The first-order valence-corrected chi connectivity index (χ1v) is 15.5. The standard InChI is InChI=1S/C35H32N4O5S/c40-22-24-10-12-25(13-11-24)32-21-31(23-45-35-36-18-5-19-37-35)43-33(44-32)26-6-4-7-28(20-26)39-34(41)38-27-14-16-30(17-15-27)42-29-8-2-1-3-9-29/h1-20,31-33,40H,21-23H2,(H2,38,39,41)/t31-,32+,33+/m0/s1. The van der Waals surface area contributed by atoms with Gasteiger partial charge in [0.1, 0.15) is 11.5 Å². The van der Waals surface area contributed by atoms with Crippen LogP contribution in [0, 0.1) is 0 Å². The number of aliphatic hydroxyl groups excluding tert-OH is 1. The monoisotopic (exact) mass is 620 g/mol. The Morgan fingerprint density at radius 1 is 0.800 bits per heavy atom. The van der Waals surface area contributed by atoms with Crippen molar-refractivity contribution >= 4 is 29.2 Å². The molecule has 1 aliphatic heterocycles. The molecule has 1 aromatic heterocycles. The fourth-order valence-corrected chi connectivity index (χ4v) is 5.66. The van der Waals surface area contributed by atoms with Crippen LogP contribution < -0.4 is 15.4 Å². The van der Waals surface area contributed by atoms with Crippen molar-refractivity contribution in [2.45, 2.75) is 36.7 Å². The van der Waals surface area contributed by atoms with E-state index < -0.39 is 6.29 Å². The van der Waals surface area contributed by atoms with E-state index in [4.69, 9.17) is 14.2 Å². The van der Waals surface area contributed by atoms with Crippen LogP contribution in [-0.4, -0.2) is 33.0 Å². The molecule has 0 radical (unpaired) electrons. The highest BCUT2D eigenvalue weighted by Gasteiger charge is 2.32. The smallest absolute Gasteiger partial charge is 0.323 e. The molecule has 9 nitrogen and oxygen atoms in total. The maximum atomic E-state index is 12.9. The molecular weight excluding hydrogens is 588 g/mol. The summed E-state index contributed by atoms with van der Waals surface area (Å²) < 4.78 is 18.7. The van der Waals surface area contributed by atoms with E-state index in [0.29, 0.717) is 34.5 Å². The molecule has 1 fully saturated rings. The average Bonchev–Trinajstić information content (AvgIpc) is 3.09. The summed E-state index contributed by atoms with van der Waals surface area (Å²) >= 11 is 1.53. The Balaban J connectivity index is 1.11. The molecule has 45 heavy (non-hydrogen) atoms. The summed E-state index contributed by atoms with van der Waals surface area (Å²) in [5.41, 5.74) is 3.84. The van der Waals surface area contributed by atoms with Crippen LogP contribution in [0.5, 0.6) is 11.5 Å². The lowest BCUT2D eigenvalue weighted by atomic mass is 10.0. The molecule has 0 unspecified atom stereocenters. The van der Waals surface area contributed by atoms with Gasteiger partial charge in [0.2, 0.25) is 0 Å². The summed E-state index contributed by atoms with van der Waals surface area (Å²) in [6.45, 7) is -0.0186. The molecule has 0 bridgehead atoms. The van der Waals surface area contributed by atoms with E-state index in [1.807, 2.05) is 78.9 Å². The Morgan fingerprint density at radius 3 is 2.29 bits per heavy atom. The molecule has 4 aromatic carbocycles. The van der Waals surface area contributed by atoms with Crippen molar-refractivity contribution in [3.05, 3.63) is 138 Å². The third-order valence-electron chi connectivity index (χ3n) is 7.06. The molecule has 6 rings (SSSR count). The number of amides is 2. The first kappa shape index (κ1) is 30.3. The van der Waals surface area contributed by atoms with Crippen LogP contribution in [0.25, 0.3) is 0 Å². The lowest BCUT2D eigenvalue weighted by Gasteiger charge is -2.36.